The molecule has 2 atom stereocenters. The normalized spacial score (nSPS) is 22.9. The van der Waals surface area contributed by atoms with E-state index >= 15 is 0 Å². The Labute approximate surface area is 119 Å². The molecular weight excluding hydrogens is 248 g/mol. The van der Waals surface area contributed by atoms with Gasteiger partial charge in [0, 0.05) is 23.1 Å². The van der Waals surface area contributed by atoms with Crippen LogP contribution >= 0.6 is 0 Å². The number of para-hydroxylation sites is 1. The molecule has 1 aliphatic rings. The molecule has 1 heterocycles. The largest absolute Gasteiger partial charge is 0.361 e. The average Bonchev–Trinajstić information content (AvgIpc) is 2.85. The van der Waals surface area contributed by atoms with E-state index in [2.05, 4.69) is 23.3 Å². The summed E-state index contributed by atoms with van der Waals surface area (Å²) in [7, 11) is 0. The number of aromatic amines is 1. The van der Waals surface area contributed by atoms with Gasteiger partial charge in [-0.15, -0.1) is 0 Å². The number of nitrogens with one attached hydrogen (secondary N) is 2. The van der Waals surface area contributed by atoms with Crippen molar-refractivity contribution in [2.24, 2.45) is 5.92 Å². The number of benzene rings is 1. The van der Waals surface area contributed by atoms with Gasteiger partial charge in [-0.3, -0.25) is 4.79 Å². The highest BCUT2D eigenvalue weighted by atomic mass is 16.1. The molecular formula is C17H22N2O. The first-order chi connectivity index (χ1) is 9.74. The van der Waals surface area contributed by atoms with Gasteiger partial charge in [-0.2, -0.15) is 0 Å². The molecule has 0 unspecified atom stereocenters. The Morgan fingerprint density at radius 2 is 2.10 bits per heavy atom. The van der Waals surface area contributed by atoms with Gasteiger partial charge in [0.2, 0.25) is 5.91 Å². The topological polar surface area (TPSA) is 44.9 Å². The summed E-state index contributed by atoms with van der Waals surface area (Å²) in [5, 5.41) is 4.37. The fourth-order valence-corrected chi connectivity index (χ4v) is 3.24. The molecule has 0 spiro atoms. The first-order valence-corrected chi connectivity index (χ1v) is 7.58. The number of aromatic nitrogens is 1. The van der Waals surface area contributed by atoms with E-state index in [1.165, 1.54) is 19.3 Å². The SMILES string of the molecule is C[C@H]1CCCC[C@H]1NC(=O)Cc1c[nH]c2ccccc12. The number of amides is 1. The number of H-pyrrole nitrogens is 1. The van der Waals surface area contributed by atoms with E-state index in [0.717, 1.165) is 22.9 Å². The molecule has 20 heavy (non-hydrogen) atoms. The van der Waals surface area contributed by atoms with Crippen LogP contribution < -0.4 is 5.32 Å². The van der Waals surface area contributed by atoms with E-state index in [1.54, 1.807) is 0 Å². The predicted molar refractivity (Wildman–Crippen MR) is 81.6 cm³/mol. The maximum absolute atomic E-state index is 12.2. The summed E-state index contributed by atoms with van der Waals surface area (Å²) in [5.74, 6) is 0.754. The molecule has 0 aliphatic heterocycles. The first kappa shape index (κ1) is 13.2. The number of hydrogen-bond acceptors (Lipinski definition) is 1. The van der Waals surface area contributed by atoms with Crippen LogP contribution in [0.3, 0.4) is 0 Å². The zero-order valence-electron chi connectivity index (χ0n) is 12.0. The molecule has 3 rings (SSSR count). The van der Waals surface area contributed by atoms with Gasteiger partial charge in [-0.1, -0.05) is 38.0 Å². The Morgan fingerprint density at radius 1 is 1.30 bits per heavy atom. The van der Waals surface area contributed by atoms with E-state index in [0.29, 0.717) is 18.4 Å². The van der Waals surface area contributed by atoms with Crippen molar-refractivity contribution < 1.29 is 4.79 Å². The highest BCUT2D eigenvalue weighted by Gasteiger charge is 2.22. The molecule has 3 nitrogen and oxygen atoms in total. The molecule has 1 saturated carbocycles. The van der Waals surface area contributed by atoms with Crippen LogP contribution in [0.2, 0.25) is 0 Å². The van der Waals surface area contributed by atoms with E-state index in [1.807, 2.05) is 24.4 Å². The van der Waals surface area contributed by atoms with Crippen LogP contribution in [-0.2, 0) is 11.2 Å². The molecule has 2 N–H and O–H groups in total. The fourth-order valence-electron chi connectivity index (χ4n) is 3.24. The average molecular weight is 270 g/mol. The molecule has 1 amide bonds. The fraction of sp³-hybridized carbons (Fsp3) is 0.471. The van der Waals surface area contributed by atoms with Gasteiger partial charge >= 0.3 is 0 Å². The van der Waals surface area contributed by atoms with E-state index in [9.17, 15) is 4.79 Å². The van der Waals surface area contributed by atoms with E-state index in [-0.39, 0.29) is 5.91 Å². The summed E-state index contributed by atoms with van der Waals surface area (Å²) in [4.78, 5) is 15.5. The molecule has 1 aliphatic carbocycles. The lowest BCUT2D eigenvalue weighted by Crippen LogP contribution is -2.41. The number of hydrogen-bond donors (Lipinski definition) is 2. The summed E-state index contributed by atoms with van der Waals surface area (Å²) in [6.45, 7) is 2.25. The summed E-state index contributed by atoms with van der Waals surface area (Å²) < 4.78 is 0. The van der Waals surface area contributed by atoms with E-state index < -0.39 is 0 Å². The molecule has 3 heteroatoms. The minimum Gasteiger partial charge on any atom is -0.361 e. The maximum Gasteiger partial charge on any atom is 0.224 e. The van der Waals surface area contributed by atoms with Crippen LogP contribution in [0.15, 0.2) is 30.5 Å². The Morgan fingerprint density at radius 3 is 2.95 bits per heavy atom. The second kappa shape index (κ2) is 5.70. The van der Waals surface area contributed by atoms with E-state index in [4.69, 9.17) is 0 Å². The standard InChI is InChI=1S/C17H22N2O/c1-12-6-2-4-8-15(12)19-17(20)10-13-11-18-16-9-5-3-7-14(13)16/h3,5,7,9,11-12,15,18H,2,4,6,8,10H2,1H3,(H,19,20)/t12-,15+/m0/s1. The first-order valence-electron chi connectivity index (χ1n) is 7.58. The number of carbonyl (C=O) groups excluding carboxylic acids is 1. The van der Waals surface area contributed by atoms with Crippen molar-refractivity contribution in [2.75, 3.05) is 0 Å². The second-order valence-electron chi connectivity index (χ2n) is 5.97. The molecule has 106 valence electrons. The minimum atomic E-state index is 0.147. The van der Waals surface area contributed by atoms with Gasteiger partial charge in [-0.05, 0) is 30.4 Å². The molecule has 1 aromatic carbocycles. The van der Waals surface area contributed by atoms with Crippen molar-refractivity contribution in [1.29, 1.82) is 0 Å². The van der Waals surface area contributed by atoms with Crippen LogP contribution in [0.1, 0.15) is 38.2 Å². The Balaban J connectivity index is 1.66. The number of rotatable bonds is 3. The number of carbonyl (C=O) groups is 1. The van der Waals surface area contributed by atoms with Gasteiger partial charge in [0.25, 0.3) is 0 Å². The van der Waals surface area contributed by atoms with Crippen molar-refractivity contribution in [3.05, 3.63) is 36.0 Å². The van der Waals surface area contributed by atoms with Crippen molar-refractivity contribution in [2.45, 2.75) is 45.1 Å². The smallest absolute Gasteiger partial charge is 0.224 e. The molecule has 0 radical (unpaired) electrons. The molecule has 1 fully saturated rings. The molecule has 1 aromatic heterocycles. The summed E-state index contributed by atoms with van der Waals surface area (Å²) >= 11 is 0. The van der Waals surface area contributed by atoms with Gasteiger partial charge in [-0.25, -0.2) is 0 Å². The zero-order chi connectivity index (χ0) is 13.9. The van der Waals surface area contributed by atoms with Crippen molar-refractivity contribution in [1.82, 2.24) is 10.3 Å². The third-order valence-corrected chi connectivity index (χ3v) is 4.48. The highest BCUT2D eigenvalue weighted by Crippen LogP contribution is 2.24. The summed E-state index contributed by atoms with van der Waals surface area (Å²) in [6.07, 6.45) is 7.32. The third-order valence-electron chi connectivity index (χ3n) is 4.48. The van der Waals surface area contributed by atoms with Gasteiger partial charge < -0.3 is 10.3 Å². The molecule has 0 saturated heterocycles. The second-order valence-corrected chi connectivity index (χ2v) is 5.97. The van der Waals surface area contributed by atoms with Crippen molar-refractivity contribution in [3.8, 4) is 0 Å². The summed E-state index contributed by atoms with van der Waals surface area (Å²) in [5.41, 5.74) is 2.18. The van der Waals surface area contributed by atoms with Crippen molar-refractivity contribution >= 4 is 16.8 Å². The highest BCUT2D eigenvalue weighted by molar-refractivity contribution is 5.88. The Kier molecular flexibility index (Phi) is 3.77. The Hall–Kier alpha value is -1.77. The monoisotopic (exact) mass is 270 g/mol. The molecule has 2 aromatic rings. The molecule has 0 bridgehead atoms. The minimum absolute atomic E-state index is 0.147. The number of fused-ring (bicyclic) bond motifs is 1. The van der Waals surface area contributed by atoms with Crippen LogP contribution in [0, 0.1) is 5.92 Å². The van der Waals surface area contributed by atoms with Crippen LogP contribution in [-0.4, -0.2) is 16.9 Å². The van der Waals surface area contributed by atoms with Gasteiger partial charge in [0.15, 0.2) is 0 Å². The third kappa shape index (κ3) is 2.72. The lowest BCUT2D eigenvalue weighted by Gasteiger charge is -2.29. The van der Waals surface area contributed by atoms with Gasteiger partial charge in [0.1, 0.15) is 0 Å². The zero-order valence-corrected chi connectivity index (χ0v) is 12.0. The Bertz CT molecular complexity index is 602. The summed E-state index contributed by atoms with van der Waals surface area (Å²) in [6, 6.07) is 8.49. The van der Waals surface area contributed by atoms with Crippen LogP contribution in [0.4, 0.5) is 0 Å². The lowest BCUT2D eigenvalue weighted by atomic mass is 9.86. The van der Waals surface area contributed by atoms with Crippen molar-refractivity contribution in [3.63, 3.8) is 0 Å². The maximum atomic E-state index is 12.2. The lowest BCUT2D eigenvalue weighted by molar-refractivity contribution is -0.121. The predicted octanol–water partition coefficient (Wildman–Crippen LogP) is 3.41. The van der Waals surface area contributed by atoms with Gasteiger partial charge in [0.05, 0.1) is 6.42 Å². The van der Waals surface area contributed by atoms with Crippen LogP contribution in [0.5, 0.6) is 0 Å². The quantitative estimate of drug-likeness (QED) is 0.882. The van der Waals surface area contributed by atoms with Crippen LogP contribution in [0.25, 0.3) is 10.9 Å².